The van der Waals surface area contributed by atoms with Gasteiger partial charge in [-0.25, -0.2) is 16.8 Å². The topological polar surface area (TPSA) is 177 Å². The monoisotopic (exact) mass is 598 g/mol. The van der Waals surface area contributed by atoms with Crippen molar-refractivity contribution in [3.63, 3.8) is 0 Å². The van der Waals surface area contributed by atoms with Crippen molar-refractivity contribution in [3.05, 3.63) is 48.0 Å². The van der Waals surface area contributed by atoms with Gasteiger partial charge in [-0.15, -0.1) is 0 Å². The molecule has 1 aliphatic rings. The smallest absolute Gasteiger partial charge is 0.318 e. The largest absolute Gasteiger partial charge is 0.506 e. The van der Waals surface area contributed by atoms with Crippen LogP contribution in [0.4, 0.5) is 11.4 Å². The minimum Gasteiger partial charge on any atom is -0.506 e. The number of unbranched alkanes of at least 4 members (excludes halogenated alkanes) is 1. The Bertz CT molecular complexity index is 1360. The molecule has 1 saturated heterocycles. The Labute approximate surface area is 235 Å². The number of carboxylic acids is 1. The Hall–Kier alpha value is -2.91. The average Bonchev–Trinajstić information content (AvgIpc) is 2.90. The number of rotatable bonds is 14. The first kappa shape index (κ1) is 31.6. The van der Waals surface area contributed by atoms with Crippen molar-refractivity contribution < 1.29 is 36.9 Å². The van der Waals surface area contributed by atoms with E-state index in [1.165, 1.54) is 30.3 Å². The van der Waals surface area contributed by atoms with E-state index in [1.54, 1.807) is 12.1 Å². The van der Waals surface area contributed by atoms with Gasteiger partial charge in [0.1, 0.15) is 12.3 Å². The minimum atomic E-state index is -3.92. The third-order valence-corrected chi connectivity index (χ3v) is 9.16. The van der Waals surface area contributed by atoms with Gasteiger partial charge in [0.05, 0.1) is 22.9 Å². The van der Waals surface area contributed by atoms with Crippen LogP contribution in [0.1, 0.15) is 44.3 Å². The molecule has 3 rings (SSSR count). The average molecular weight is 599 g/mol. The minimum absolute atomic E-state index is 0.00160. The number of sulfonamides is 2. The molecule has 0 radical (unpaired) electrons. The molecule has 1 heterocycles. The zero-order chi connectivity index (χ0) is 29.5. The van der Waals surface area contributed by atoms with Crippen molar-refractivity contribution in [2.75, 3.05) is 48.6 Å². The number of piperidine rings is 1. The summed E-state index contributed by atoms with van der Waals surface area (Å²) in [5, 5.41) is 33.0. The number of carboxylic acid groups (broad SMARTS) is 1. The van der Waals surface area contributed by atoms with E-state index in [4.69, 9.17) is 5.11 Å². The van der Waals surface area contributed by atoms with Gasteiger partial charge >= 0.3 is 5.97 Å². The molecule has 0 amide bonds. The molecule has 0 bridgehead atoms. The third-order valence-electron chi connectivity index (χ3n) is 6.71. The second-order valence-electron chi connectivity index (χ2n) is 9.92. The molecule has 2 aromatic carbocycles. The van der Waals surface area contributed by atoms with Crippen LogP contribution in [0.5, 0.6) is 5.75 Å². The first-order chi connectivity index (χ1) is 18.8. The molecule has 14 heteroatoms. The summed E-state index contributed by atoms with van der Waals surface area (Å²) in [6, 6.07) is 10.9. The van der Waals surface area contributed by atoms with Gasteiger partial charge in [-0.2, -0.15) is 4.31 Å². The van der Waals surface area contributed by atoms with Gasteiger partial charge < -0.3 is 25.5 Å². The summed E-state index contributed by atoms with van der Waals surface area (Å²) < 4.78 is 52.3. The number of phenolic OH excluding ortho intramolecular Hbond substituents is 1. The highest BCUT2D eigenvalue weighted by molar-refractivity contribution is 7.92. The van der Waals surface area contributed by atoms with E-state index >= 15 is 0 Å². The zero-order valence-corrected chi connectivity index (χ0v) is 24.3. The summed E-state index contributed by atoms with van der Waals surface area (Å²) in [5.74, 6) is -1.43. The van der Waals surface area contributed by atoms with Crippen molar-refractivity contribution in [1.82, 2.24) is 9.62 Å². The van der Waals surface area contributed by atoms with E-state index in [1.807, 2.05) is 6.92 Å². The van der Waals surface area contributed by atoms with Crippen LogP contribution < -0.4 is 14.9 Å². The summed E-state index contributed by atoms with van der Waals surface area (Å²) >= 11 is 0. The number of hydrogen-bond donors (Lipinski definition) is 5. The summed E-state index contributed by atoms with van der Waals surface area (Å²) in [4.78, 5) is 13.4. The van der Waals surface area contributed by atoms with Crippen LogP contribution in [0.15, 0.2) is 47.4 Å². The van der Waals surface area contributed by atoms with E-state index < -0.39 is 38.7 Å². The maximum absolute atomic E-state index is 13.0. The van der Waals surface area contributed by atoms with Crippen LogP contribution in [0.2, 0.25) is 0 Å². The van der Waals surface area contributed by atoms with Crippen molar-refractivity contribution in [2.24, 2.45) is 0 Å². The van der Waals surface area contributed by atoms with E-state index in [0.29, 0.717) is 25.1 Å². The van der Waals surface area contributed by atoms with Crippen molar-refractivity contribution in [2.45, 2.75) is 49.6 Å². The van der Waals surface area contributed by atoms with Crippen molar-refractivity contribution in [1.29, 1.82) is 0 Å². The highest BCUT2D eigenvalue weighted by Gasteiger charge is 2.27. The summed E-state index contributed by atoms with van der Waals surface area (Å²) in [6.07, 6.45) is 2.95. The predicted molar refractivity (Wildman–Crippen MR) is 153 cm³/mol. The number of nitrogens with zero attached hydrogens (tertiary/aromatic N) is 2. The van der Waals surface area contributed by atoms with E-state index in [-0.39, 0.29) is 35.5 Å². The number of anilines is 2. The molecule has 0 saturated carbocycles. The summed E-state index contributed by atoms with van der Waals surface area (Å²) in [6.45, 7) is 3.14. The second-order valence-corrected chi connectivity index (χ2v) is 13.6. The van der Waals surface area contributed by atoms with Crippen LogP contribution in [-0.2, 0) is 24.8 Å². The number of hydrogen-bond acceptors (Lipinski definition) is 9. The molecule has 2 aromatic rings. The first-order valence-corrected chi connectivity index (χ1v) is 16.4. The van der Waals surface area contributed by atoms with Gasteiger partial charge in [0.2, 0.25) is 20.0 Å². The molecule has 1 atom stereocenters. The molecule has 0 aromatic heterocycles. The number of aromatic hydroxyl groups is 1. The number of nitrogens with one attached hydrogen (secondary N) is 2. The summed E-state index contributed by atoms with van der Waals surface area (Å²) in [5.41, 5.74) is 1.33. The number of aliphatic hydroxyl groups is 1. The number of benzene rings is 2. The fourth-order valence-electron chi connectivity index (χ4n) is 4.53. The fraction of sp³-hybridized carbons (Fsp3) is 0.500. The molecule has 5 N–H and O–H groups in total. The Morgan fingerprint density at radius 1 is 1.10 bits per heavy atom. The lowest BCUT2D eigenvalue weighted by molar-refractivity contribution is -0.137. The number of aliphatic hydroxyl groups excluding tert-OH is 1. The number of phenols is 1. The van der Waals surface area contributed by atoms with Gasteiger partial charge in [-0.1, -0.05) is 19.4 Å². The van der Waals surface area contributed by atoms with Crippen molar-refractivity contribution >= 4 is 37.4 Å². The van der Waals surface area contributed by atoms with Gasteiger partial charge in [0.25, 0.3) is 0 Å². The highest BCUT2D eigenvalue weighted by Crippen LogP contribution is 2.28. The SMILES string of the molecule is CCCCN(CC(=O)O)S(=O)(=O)c1ccc(N2CCC(NC[C@H](O)c3ccc(O)c(NS(C)(=O)=O)c3)CC2)cc1. The number of carbonyl (C=O) groups is 1. The highest BCUT2D eigenvalue weighted by atomic mass is 32.2. The van der Waals surface area contributed by atoms with E-state index in [0.717, 1.165) is 35.5 Å². The molecule has 12 nitrogen and oxygen atoms in total. The molecule has 40 heavy (non-hydrogen) atoms. The molecule has 0 spiro atoms. The maximum atomic E-state index is 13.0. The Morgan fingerprint density at radius 2 is 1.75 bits per heavy atom. The maximum Gasteiger partial charge on any atom is 0.318 e. The number of aliphatic carboxylic acids is 1. The molecule has 0 aliphatic carbocycles. The standard InChI is InChI=1S/C26H38N4O8S2/c1-3-4-13-30(18-26(33)34)40(37,38)22-8-6-21(7-9-22)29-14-11-20(12-15-29)27-17-25(32)19-5-10-24(31)23(16-19)28-39(2,35)36/h5-10,16,20,25,27-28,31-32H,3-4,11-15,17-18H2,1-2H3,(H,33,34)/t25-/m0/s1. The summed E-state index contributed by atoms with van der Waals surface area (Å²) in [7, 11) is -7.51. The third kappa shape index (κ3) is 8.80. The quantitative estimate of drug-likeness (QED) is 0.202. The van der Waals surface area contributed by atoms with Gasteiger partial charge in [0.15, 0.2) is 0 Å². The second kappa shape index (κ2) is 13.6. The van der Waals surface area contributed by atoms with Gasteiger partial charge in [-0.3, -0.25) is 9.52 Å². The van der Waals surface area contributed by atoms with Gasteiger partial charge in [-0.05, 0) is 61.2 Å². The normalized spacial score (nSPS) is 15.8. The lowest BCUT2D eigenvalue weighted by atomic mass is 10.0. The Balaban J connectivity index is 1.55. The fourth-order valence-corrected chi connectivity index (χ4v) is 6.52. The van der Waals surface area contributed by atoms with Crippen LogP contribution >= 0.6 is 0 Å². The Morgan fingerprint density at radius 3 is 2.33 bits per heavy atom. The molecule has 0 unspecified atom stereocenters. The first-order valence-electron chi connectivity index (χ1n) is 13.1. The van der Waals surface area contributed by atoms with Crippen LogP contribution in [0.3, 0.4) is 0 Å². The predicted octanol–water partition coefficient (Wildman–Crippen LogP) is 1.93. The molecule has 1 fully saturated rings. The molecule has 222 valence electrons. The lowest BCUT2D eigenvalue weighted by Crippen LogP contribution is -2.43. The van der Waals surface area contributed by atoms with Crippen LogP contribution in [-0.4, -0.2) is 87.5 Å². The van der Waals surface area contributed by atoms with Gasteiger partial charge in [0, 0.05) is 37.9 Å². The van der Waals surface area contributed by atoms with Crippen molar-refractivity contribution in [3.8, 4) is 5.75 Å². The van der Waals surface area contributed by atoms with E-state index in [9.17, 15) is 31.8 Å². The zero-order valence-electron chi connectivity index (χ0n) is 22.7. The van der Waals surface area contributed by atoms with Crippen LogP contribution in [0.25, 0.3) is 0 Å². The Kier molecular flexibility index (Phi) is 10.8. The molecule has 1 aliphatic heterocycles. The van der Waals surface area contributed by atoms with Crippen LogP contribution in [0, 0.1) is 0 Å². The lowest BCUT2D eigenvalue weighted by Gasteiger charge is -2.34. The molecular formula is C26H38N4O8S2. The molecular weight excluding hydrogens is 560 g/mol. The van der Waals surface area contributed by atoms with E-state index in [2.05, 4.69) is 14.9 Å².